The van der Waals surface area contributed by atoms with Crippen LogP contribution in [0.4, 0.5) is 0 Å². The normalized spacial score (nSPS) is 11.8. The van der Waals surface area contributed by atoms with Crippen molar-refractivity contribution >= 4 is 21.2 Å². The van der Waals surface area contributed by atoms with Gasteiger partial charge in [0.05, 0.1) is 4.90 Å². The van der Waals surface area contributed by atoms with Crippen LogP contribution in [0.15, 0.2) is 23.1 Å². The van der Waals surface area contributed by atoms with Gasteiger partial charge in [0.15, 0.2) is 5.78 Å². The molecule has 0 amide bonds. The fourth-order valence-electron chi connectivity index (χ4n) is 1.59. The Balaban J connectivity index is 3.61. The first kappa shape index (κ1) is 15.3. The van der Waals surface area contributed by atoms with Crippen molar-refractivity contribution in [3.8, 4) is 0 Å². The maximum absolute atomic E-state index is 12.3. The molecule has 0 spiro atoms. The quantitative estimate of drug-likeness (QED) is 0.280. The maximum Gasteiger partial charge on any atom is 0.374 e. The highest BCUT2D eigenvalue weighted by Gasteiger charge is 2.30. The van der Waals surface area contributed by atoms with Gasteiger partial charge < -0.3 is 5.53 Å². The Kier molecular flexibility index (Phi) is 4.08. The molecular formula is C13H16N2O3S. The van der Waals surface area contributed by atoms with E-state index in [0.29, 0.717) is 5.55 Å². The fourth-order valence-corrected chi connectivity index (χ4v) is 2.55. The zero-order chi connectivity index (χ0) is 14.8. The van der Waals surface area contributed by atoms with Crippen molar-refractivity contribution in [1.29, 1.82) is 0 Å². The molecule has 0 atom stereocenters. The number of hydrogen-bond acceptors (Lipinski definition) is 3. The highest BCUT2D eigenvalue weighted by Crippen LogP contribution is 2.26. The fraction of sp³-hybridized carbons (Fsp3) is 0.385. The van der Waals surface area contributed by atoms with Gasteiger partial charge in [-0.15, -0.1) is 0 Å². The third kappa shape index (κ3) is 3.36. The van der Waals surface area contributed by atoms with Crippen LogP contribution in [0.3, 0.4) is 0 Å². The molecule has 1 aromatic carbocycles. The molecule has 0 unspecified atom stereocenters. The van der Waals surface area contributed by atoms with Gasteiger partial charge in [-0.2, -0.15) is 4.79 Å². The number of ketones is 1. The average Bonchev–Trinajstić information content (AvgIpc) is 2.26. The van der Waals surface area contributed by atoms with Gasteiger partial charge in [-0.25, -0.2) is 8.42 Å². The number of Topliss-reactive ketones (excluding diaryl/α,β-unsaturated/α-hetero) is 1. The van der Waals surface area contributed by atoms with Crippen molar-refractivity contribution in [2.75, 3.05) is 0 Å². The molecule has 6 heteroatoms. The van der Waals surface area contributed by atoms with Crippen molar-refractivity contribution in [2.45, 2.75) is 32.6 Å². The van der Waals surface area contributed by atoms with Crippen LogP contribution in [0.25, 0.3) is 5.53 Å². The Bertz CT molecular complexity index is 664. The molecule has 0 aliphatic heterocycles. The lowest BCUT2D eigenvalue weighted by Gasteiger charge is -2.18. The molecule has 0 aliphatic rings. The molecule has 0 fully saturated rings. The van der Waals surface area contributed by atoms with E-state index in [-0.39, 0.29) is 16.2 Å². The van der Waals surface area contributed by atoms with Gasteiger partial charge in [-0.05, 0) is 19.1 Å². The first-order valence-corrected chi connectivity index (χ1v) is 7.22. The van der Waals surface area contributed by atoms with Crippen LogP contribution >= 0.6 is 0 Å². The molecule has 0 saturated heterocycles. The van der Waals surface area contributed by atoms with Crippen molar-refractivity contribution in [3.05, 3.63) is 34.9 Å². The van der Waals surface area contributed by atoms with Crippen LogP contribution in [-0.4, -0.2) is 24.5 Å². The monoisotopic (exact) mass is 280 g/mol. The van der Waals surface area contributed by atoms with Crippen molar-refractivity contribution in [3.63, 3.8) is 0 Å². The van der Waals surface area contributed by atoms with Gasteiger partial charge >= 0.3 is 5.55 Å². The lowest BCUT2D eigenvalue weighted by molar-refractivity contribution is 0.00753. The molecule has 0 radical (unpaired) electrons. The SMILES string of the molecule is Cc1ccc(S(=O)(=O)C=[N+]=[N-])c(C(=O)C(C)(C)C)c1. The Morgan fingerprint density at radius 3 is 2.37 bits per heavy atom. The highest BCUT2D eigenvalue weighted by molar-refractivity contribution is 8.04. The number of hydrogen-bond donors (Lipinski definition) is 0. The van der Waals surface area contributed by atoms with E-state index < -0.39 is 15.3 Å². The van der Waals surface area contributed by atoms with Gasteiger partial charge in [0, 0.05) is 11.0 Å². The number of aryl methyl sites for hydroxylation is 1. The summed E-state index contributed by atoms with van der Waals surface area (Å²) in [6, 6.07) is 4.48. The van der Waals surface area contributed by atoms with E-state index in [4.69, 9.17) is 5.53 Å². The summed E-state index contributed by atoms with van der Waals surface area (Å²) in [5.74, 6) is -0.277. The molecule has 1 aromatic rings. The van der Waals surface area contributed by atoms with E-state index in [9.17, 15) is 13.2 Å². The van der Waals surface area contributed by atoms with E-state index in [1.54, 1.807) is 33.8 Å². The number of sulfone groups is 1. The average molecular weight is 280 g/mol. The molecule has 0 saturated carbocycles. The van der Waals surface area contributed by atoms with Gasteiger partial charge in [0.25, 0.3) is 9.84 Å². The first-order valence-electron chi connectivity index (χ1n) is 5.67. The summed E-state index contributed by atoms with van der Waals surface area (Å²) in [7, 11) is -3.93. The van der Waals surface area contributed by atoms with Crippen molar-refractivity contribution in [2.24, 2.45) is 5.41 Å². The van der Waals surface area contributed by atoms with Crippen LogP contribution in [0.1, 0.15) is 36.7 Å². The van der Waals surface area contributed by atoms with Crippen LogP contribution in [0.2, 0.25) is 0 Å². The molecule has 19 heavy (non-hydrogen) atoms. The molecule has 1 rings (SSSR count). The van der Waals surface area contributed by atoms with Crippen LogP contribution < -0.4 is 0 Å². The minimum Gasteiger partial charge on any atom is -0.361 e. The molecular weight excluding hydrogens is 264 g/mol. The molecule has 0 heterocycles. The topological polar surface area (TPSA) is 87.6 Å². The second kappa shape index (κ2) is 5.07. The third-order valence-corrected chi connectivity index (χ3v) is 3.89. The summed E-state index contributed by atoms with van der Waals surface area (Å²) in [4.78, 5) is 14.7. The molecule has 5 nitrogen and oxygen atoms in total. The Morgan fingerprint density at radius 2 is 1.89 bits per heavy atom. The second-order valence-corrected chi connectivity index (χ2v) is 7.09. The maximum atomic E-state index is 12.3. The molecule has 102 valence electrons. The van der Waals surface area contributed by atoms with Gasteiger partial charge in [0.1, 0.15) is 0 Å². The van der Waals surface area contributed by atoms with Gasteiger partial charge in [-0.3, -0.25) is 4.79 Å². The number of benzene rings is 1. The molecule has 0 bridgehead atoms. The Morgan fingerprint density at radius 1 is 1.32 bits per heavy atom. The van der Waals surface area contributed by atoms with E-state index in [1.165, 1.54) is 12.1 Å². The number of nitrogens with zero attached hydrogens (tertiary/aromatic N) is 2. The zero-order valence-corrected chi connectivity index (χ0v) is 12.2. The van der Waals surface area contributed by atoms with Crippen LogP contribution in [0, 0.1) is 12.3 Å². The number of carbonyl (C=O) groups is 1. The summed E-state index contributed by atoms with van der Waals surface area (Å²) in [5.41, 5.74) is 9.04. The minimum atomic E-state index is -3.93. The highest BCUT2D eigenvalue weighted by atomic mass is 32.2. The van der Waals surface area contributed by atoms with Crippen LogP contribution in [-0.2, 0) is 9.84 Å². The lowest BCUT2D eigenvalue weighted by Crippen LogP contribution is -2.23. The second-order valence-electron chi connectivity index (χ2n) is 5.34. The minimum absolute atomic E-state index is 0.118. The summed E-state index contributed by atoms with van der Waals surface area (Å²) in [6.07, 6.45) is 0. The first-order chi connectivity index (χ1) is 8.59. The summed E-state index contributed by atoms with van der Waals surface area (Å²) >= 11 is 0. The Hall–Kier alpha value is -1.78. The molecule has 0 aliphatic carbocycles. The van der Waals surface area contributed by atoms with E-state index in [2.05, 4.69) is 4.79 Å². The summed E-state index contributed by atoms with van der Waals surface area (Å²) in [6.45, 7) is 6.92. The number of rotatable bonds is 3. The summed E-state index contributed by atoms with van der Waals surface area (Å²) in [5, 5.41) is 0. The van der Waals surface area contributed by atoms with Crippen LogP contribution in [0.5, 0.6) is 0 Å². The van der Waals surface area contributed by atoms with Crippen molar-refractivity contribution in [1.82, 2.24) is 0 Å². The van der Waals surface area contributed by atoms with Gasteiger partial charge in [0.2, 0.25) is 0 Å². The lowest BCUT2D eigenvalue weighted by atomic mass is 9.86. The third-order valence-electron chi connectivity index (χ3n) is 2.55. The van der Waals surface area contributed by atoms with E-state index in [0.717, 1.165) is 5.56 Å². The summed E-state index contributed by atoms with van der Waals surface area (Å²) < 4.78 is 23.9. The zero-order valence-electron chi connectivity index (χ0n) is 11.3. The van der Waals surface area contributed by atoms with Crippen molar-refractivity contribution < 1.29 is 18.0 Å². The Labute approximate surface area is 112 Å². The molecule has 0 N–H and O–H groups in total. The standard InChI is InChI=1S/C13H16N2O3S/c1-9-5-6-11(19(17,18)8-15-14)10(7-9)12(16)13(2,3)4/h5-8H,1-4H3. The van der Waals surface area contributed by atoms with E-state index >= 15 is 0 Å². The van der Waals surface area contributed by atoms with E-state index in [1.807, 2.05) is 0 Å². The van der Waals surface area contributed by atoms with Gasteiger partial charge in [-0.1, -0.05) is 32.4 Å². The largest absolute Gasteiger partial charge is 0.374 e. The predicted molar refractivity (Wildman–Crippen MR) is 71.8 cm³/mol. The smallest absolute Gasteiger partial charge is 0.361 e. The molecule has 0 aromatic heterocycles. The number of carbonyl (C=O) groups excluding carboxylic acids is 1. The predicted octanol–water partition coefficient (Wildman–Crippen LogP) is 2.26.